The lowest BCUT2D eigenvalue weighted by Gasteiger charge is -2.06. The maximum absolute atomic E-state index is 12.6. The maximum atomic E-state index is 12.6. The Hall–Kier alpha value is -1.62. The molecule has 0 atom stereocenters. The maximum Gasteiger partial charge on any atom is 0.264 e. The summed E-state index contributed by atoms with van der Waals surface area (Å²) in [7, 11) is 0. The Kier molecular flexibility index (Phi) is 3.81. The standard InChI is InChI=1S/C13H8BrF2NO/c14-11-7-9(1-2-10(11)13(15)16)12(18)8-3-5-17-6-4-8/h1-7,13H. The van der Waals surface area contributed by atoms with Gasteiger partial charge in [0.2, 0.25) is 0 Å². The molecule has 18 heavy (non-hydrogen) atoms. The molecule has 1 aromatic heterocycles. The van der Waals surface area contributed by atoms with Crippen LogP contribution in [0, 0.1) is 0 Å². The van der Waals surface area contributed by atoms with E-state index in [0.717, 1.165) is 0 Å². The highest BCUT2D eigenvalue weighted by atomic mass is 79.9. The van der Waals surface area contributed by atoms with Crippen LogP contribution < -0.4 is 0 Å². The first kappa shape index (κ1) is 12.8. The zero-order valence-corrected chi connectivity index (χ0v) is 10.7. The fourth-order valence-corrected chi connectivity index (χ4v) is 2.07. The highest BCUT2D eigenvalue weighted by Gasteiger charge is 2.15. The first-order valence-corrected chi connectivity index (χ1v) is 5.91. The molecule has 0 aliphatic carbocycles. The van der Waals surface area contributed by atoms with Crippen molar-refractivity contribution >= 4 is 21.7 Å². The molecule has 0 spiro atoms. The minimum absolute atomic E-state index is 0.124. The van der Waals surface area contributed by atoms with Gasteiger partial charge in [0.25, 0.3) is 6.43 Å². The van der Waals surface area contributed by atoms with Crippen molar-refractivity contribution in [1.29, 1.82) is 0 Å². The van der Waals surface area contributed by atoms with Crippen molar-refractivity contribution in [2.75, 3.05) is 0 Å². The molecule has 2 aromatic rings. The summed E-state index contributed by atoms with van der Waals surface area (Å²) < 4.78 is 25.4. The normalized spacial score (nSPS) is 10.7. The van der Waals surface area contributed by atoms with Crippen LogP contribution in [0.1, 0.15) is 27.9 Å². The Balaban J connectivity index is 2.36. The number of hydrogen-bond donors (Lipinski definition) is 0. The number of ketones is 1. The Morgan fingerprint density at radius 1 is 1.11 bits per heavy atom. The van der Waals surface area contributed by atoms with Gasteiger partial charge in [0.05, 0.1) is 0 Å². The highest BCUT2D eigenvalue weighted by Crippen LogP contribution is 2.28. The van der Waals surface area contributed by atoms with Gasteiger partial charge in [-0.3, -0.25) is 9.78 Å². The van der Waals surface area contributed by atoms with Gasteiger partial charge < -0.3 is 0 Å². The molecule has 2 nitrogen and oxygen atoms in total. The van der Waals surface area contributed by atoms with Gasteiger partial charge in [-0.25, -0.2) is 8.78 Å². The molecule has 5 heteroatoms. The summed E-state index contributed by atoms with van der Waals surface area (Å²) in [4.78, 5) is 15.9. The molecule has 0 aliphatic heterocycles. The Labute approximate surface area is 111 Å². The summed E-state index contributed by atoms with van der Waals surface area (Å²) >= 11 is 3.04. The monoisotopic (exact) mass is 311 g/mol. The number of pyridine rings is 1. The molecule has 0 radical (unpaired) electrons. The van der Waals surface area contributed by atoms with Gasteiger partial charge in [-0.15, -0.1) is 0 Å². The van der Waals surface area contributed by atoms with Crippen LogP contribution in [0.3, 0.4) is 0 Å². The van der Waals surface area contributed by atoms with E-state index in [0.29, 0.717) is 11.1 Å². The molecule has 0 unspecified atom stereocenters. The van der Waals surface area contributed by atoms with Crippen LogP contribution in [0.2, 0.25) is 0 Å². The van der Waals surface area contributed by atoms with Crippen LogP contribution in [0.25, 0.3) is 0 Å². The number of carbonyl (C=O) groups excluding carboxylic acids is 1. The van der Waals surface area contributed by atoms with Crippen LogP contribution in [-0.2, 0) is 0 Å². The molecule has 0 amide bonds. The highest BCUT2D eigenvalue weighted by molar-refractivity contribution is 9.10. The summed E-state index contributed by atoms with van der Waals surface area (Å²) in [5.41, 5.74) is 0.709. The minimum atomic E-state index is -2.57. The smallest absolute Gasteiger partial charge is 0.264 e. The summed E-state index contributed by atoms with van der Waals surface area (Å²) in [5, 5.41) is 0. The van der Waals surface area contributed by atoms with Crippen molar-refractivity contribution in [1.82, 2.24) is 4.98 Å². The van der Waals surface area contributed by atoms with Gasteiger partial charge >= 0.3 is 0 Å². The largest absolute Gasteiger partial charge is 0.289 e. The number of alkyl halides is 2. The molecule has 0 bridgehead atoms. The van der Waals surface area contributed by atoms with Crippen molar-refractivity contribution in [3.05, 3.63) is 63.9 Å². The van der Waals surface area contributed by atoms with Crippen molar-refractivity contribution in [2.45, 2.75) is 6.43 Å². The molecular weight excluding hydrogens is 304 g/mol. The fraction of sp³-hybridized carbons (Fsp3) is 0.0769. The van der Waals surface area contributed by atoms with Crippen molar-refractivity contribution in [2.24, 2.45) is 0 Å². The number of rotatable bonds is 3. The first-order chi connectivity index (χ1) is 8.59. The molecule has 0 aliphatic rings. The molecular formula is C13H8BrF2NO. The zero-order chi connectivity index (χ0) is 13.1. The van der Waals surface area contributed by atoms with E-state index >= 15 is 0 Å². The van der Waals surface area contributed by atoms with E-state index in [9.17, 15) is 13.6 Å². The summed E-state index contributed by atoms with van der Waals surface area (Å²) in [5.74, 6) is -0.223. The van der Waals surface area contributed by atoms with Crippen LogP contribution in [0.4, 0.5) is 8.78 Å². The van der Waals surface area contributed by atoms with Gasteiger partial charge in [0.15, 0.2) is 5.78 Å². The quantitative estimate of drug-likeness (QED) is 0.802. The van der Waals surface area contributed by atoms with E-state index in [1.807, 2.05) is 0 Å². The molecule has 1 heterocycles. The zero-order valence-electron chi connectivity index (χ0n) is 9.11. The number of carbonyl (C=O) groups is 1. The number of nitrogens with zero attached hydrogens (tertiary/aromatic N) is 1. The molecule has 0 saturated carbocycles. The third-order valence-electron chi connectivity index (χ3n) is 2.44. The fourth-order valence-electron chi connectivity index (χ4n) is 1.52. The second-order valence-electron chi connectivity index (χ2n) is 3.60. The first-order valence-electron chi connectivity index (χ1n) is 5.12. The number of benzene rings is 1. The molecule has 92 valence electrons. The Bertz CT molecular complexity index is 572. The lowest BCUT2D eigenvalue weighted by atomic mass is 10.0. The lowest BCUT2D eigenvalue weighted by molar-refractivity contribution is 0.103. The third-order valence-corrected chi connectivity index (χ3v) is 3.13. The summed E-state index contributed by atoms with van der Waals surface area (Å²) in [6.07, 6.45) is 0.454. The number of aromatic nitrogens is 1. The van der Waals surface area contributed by atoms with Crippen molar-refractivity contribution < 1.29 is 13.6 Å². The van der Waals surface area contributed by atoms with Gasteiger partial charge in [0.1, 0.15) is 0 Å². The molecule has 2 rings (SSSR count). The van der Waals surface area contributed by atoms with E-state index in [1.54, 1.807) is 12.1 Å². The van der Waals surface area contributed by atoms with E-state index in [-0.39, 0.29) is 15.8 Å². The molecule has 0 N–H and O–H groups in total. The topological polar surface area (TPSA) is 30.0 Å². The second kappa shape index (κ2) is 5.35. The Morgan fingerprint density at radius 2 is 1.78 bits per heavy atom. The lowest BCUT2D eigenvalue weighted by Crippen LogP contribution is -2.02. The van der Waals surface area contributed by atoms with Crippen LogP contribution in [-0.4, -0.2) is 10.8 Å². The van der Waals surface area contributed by atoms with Crippen LogP contribution in [0.5, 0.6) is 0 Å². The van der Waals surface area contributed by atoms with Crippen molar-refractivity contribution in [3.63, 3.8) is 0 Å². The average molecular weight is 312 g/mol. The van der Waals surface area contributed by atoms with Crippen LogP contribution >= 0.6 is 15.9 Å². The van der Waals surface area contributed by atoms with Crippen LogP contribution in [0.15, 0.2) is 47.2 Å². The second-order valence-corrected chi connectivity index (χ2v) is 4.46. The van der Waals surface area contributed by atoms with E-state index in [2.05, 4.69) is 20.9 Å². The van der Waals surface area contributed by atoms with Gasteiger partial charge in [0, 0.05) is 33.6 Å². The minimum Gasteiger partial charge on any atom is -0.289 e. The Morgan fingerprint density at radius 3 is 2.33 bits per heavy atom. The third kappa shape index (κ3) is 2.61. The molecule has 1 aromatic carbocycles. The van der Waals surface area contributed by atoms with E-state index in [1.165, 1.54) is 30.6 Å². The van der Waals surface area contributed by atoms with Gasteiger partial charge in [-0.1, -0.05) is 28.1 Å². The SMILES string of the molecule is O=C(c1ccncc1)c1ccc(C(F)F)c(Br)c1. The van der Waals surface area contributed by atoms with Gasteiger partial charge in [-0.2, -0.15) is 0 Å². The number of hydrogen-bond acceptors (Lipinski definition) is 2. The van der Waals surface area contributed by atoms with Crippen molar-refractivity contribution in [3.8, 4) is 0 Å². The van der Waals surface area contributed by atoms with E-state index in [4.69, 9.17) is 0 Å². The van der Waals surface area contributed by atoms with E-state index < -0.39 is 6.43 Å². The summed E-state index contributed by atoms with van der Waals surface area (Å²) in [6.45, 7) is 0. The molecule has 0 fully saturated rings. The summed E-state index contributed by atoms with van der Waals surface area (Å²) in [6, 6.07) is 7.22. The average Bonchev–Trinajstić information content (AvgIpc) is 2.38. The molecule has 0 saturated heterocycles. The predicted octanol–water partition coefficient (Wildman–Crippen LogP) is 4.01. The predicted molar refractivity (Wildman–Crippen MR) is 66.8 cm³/mol. The number of halogens is 3. The van der Waals surface area contributed by atoms with Gasteiger partial charge in [-0.05, 0) is 18.2 Å².